The molecular formula is C14H30N2O. The van der Waals surface area contributed by atoms with Crippen molar-refractivity contribution in [3.8, 4) is 0 Å². The van der Waals surface area contributed by atoms with Crippen molar-refractivity contribution in [1.82, 2.24) is 5.32 Å². The molecule has 3 nitrogen and oxygen atoms in total. The molecule has 0 aromatic carbocycles. The van der Waals surface area contributed by atoms with Crippen molar-refractivity contribution in [1.29, 1.82) is 0 Å². The van der Waals surface area contributed by atoms with Gasteiger partial charge in [0.05, 0.1) is 0 Å². The zero-order chi connectivity index (χ0) is 12.9. The number of nitrogens with one attached hydrogen (secondary N) is 1. The van der Waals surface area contributed by atoms with Gasteiger partial charge in [-0.1, -0.05) is 33.1 Å². The van der Waals surface area contributed by atoms with E-state index in [0.29, 0.717) is 18.5 Å². The van der Waals surface area contributed by atoms with Crippen molar-refractivity contribution < 1.29 is 5.11 Å². The zero-order valence-electron chi connectivity index (χ0n) is 11.7. The molecule has 1 aliphatic carbocycles. The maximum Gasteiger partial charge on any atom is 0.0471 e. The van der Waals surface area contributed by atoms with Crippen molar-refractivity contribution in [2.45, 2.75) is 64.5 Å². The molecule has 0 aromatic rings. The average Bonchev–Trinajstić information content (AvgIpc) is 2.37. The molecule has 3 heteroatoms. The lowest BCUT2D eigenvalue weighted by Crippen LogP contribution is -2.58. The molecule has 1 saturated carbocycles. The van der Waals surface area contributed by atoms with Crippen molar-refractivity contribution in [3.63, 3.8) is 0 Å². The van der Waals surface area contributed by atoms with Crippen molar-refractivity contribution in [2.24, 2.45) is 17.6 Å². The molecule has 4 atom stereocenters. The fourth-order valence-electron chi connectivity index (χ4n) is 2.99. The van der Waals surface area contributed by atoms with E-state index >= 15 is 0 Å². The Morgan fingerprint density at radius 3 is 2.71 bits per heavy atom. The number of nitrogens with two attached hydrogens (primary N) is 1. The number of hydrogen-bond acceptors (Lipinski definition) is 3. The van der Waals surface area contributed by atoms with Gasteiger partial charge in [0.2, 0.25) is 0 Å². The fourth-order valence-corrected chi connectivity index (χ4v) is 2.99. The molecule has 0 amide bonds. The Morgan fingerprint density at radius 1 is 1.47 bits per heavy atom. The van der Waals surface area contributed by atoms with Crippen LogP contribution >= 0.6 is 0 Å². The Morgan fingerprint density at radius 2 is 2.18 bits per heavy atom. The highest BCUT2D eigenvalue weighted by Gasteiger charge is 2.36. The lowest BCUT2D eigenvalue weighted by Gasteiger charge is -2.43. The van der Waals surface area contributed by atoms with Gasteiger partial charge in [0.1, 0.15) is 0 Å². The molecule has 17 heavy (non-hydrogen) atoms. The quantitative estimate of drug-likeness (QED) is 0.666. The minimum atomic E-state index is 0.113. The molecule has 1 aliphatic rings. The van der Waals surface area contributed by atoms with E-state index in [2.05, 4.69) is 26.1 Å². The van der Waals surface area contributed by atoms with Crippen molar-refractivity contribution >= 4 is 0 Å². The third-order valence-electron chi connectivity index (χ3n) is 4.59. The van der Waals surface area contributed by atoms with Crippen LogP contribution in [0.5, 0.6) is 0 Å². The van der Waals surface area contributed by atoms with Gasteiger partial charge in [-0.2, -0.15) is 0 Å². The highest BCUT2D eigenvalue weighted by Crippen LogP contribution is 2.34. The molecule has 102 valence electrons. The molecule has 0 aliphatic heterocycles. The van der Waals surface area contributed by atoms with Crippen molar-refractivity contribution in [2.75, 3.05) is 13.2 Å². The molecule has 0 radical (unpaired) electrons. The van der Waals surface area contributed by atoms with E-state index in [0.717, 1.165) is 5.92 Å². The second-order valence-electron chi connectivity index (χ2n) is 5.95. The summed E-state index contributed by atoms with van der Waals surface area (Å²) in [6.45, 7) is 7.48. The molecular weight excluding hydrogens is 212 g/mol. The van der Waals surface area contributed by atoms with E-state index in [4.69, 9.17) is 5.73 Å². The second-order valence-corrected chi connectivity index (χ2v) is 5.95. The first-order valence-corrected chi connectivity index (χ1v) is 7.15. The fraction of sp³-hybridized carbons (Fsp3) is 1.00. The summed E-state index contributed by atoms with van der Waals surface area (Å²) in [5, 5.41) is 12.9. The van der Waals surface area contributed by atoms with Gasteiger partial charge in [-0.25, -0.2) is 0 Å². The van der Waals surface area contributed by atoms with Crippen LogP contribution in [0.4, 0.5) is 0 Å². The van der Waals surface area contributed by atoms with Crippen LogP contribution in [0.15, 0.2) is 0 Å². The normalized spacial score (nSPS) is 33.4. The Kier molecular flexibility index (Phi) is 5.90. The van der Waals surface area contributed by atoms with Crippen LogP contribution in [0.25, 0.3) is 0 Å². The first-order chi connectivity index (χ1) is 8.06. The minimum absolute atomic E-state index is 0.113. The standard InChI is InChI=1S/C14H30N2O/c1-4-13-6-5-7-14(8-13,10-15)16-12(3)11(2)9-17/h11-13,16-17H,4-10,15H2,1-3H3. The molecule has 1 rings (SSSR count). The Balaban J connectivity index is 2.61. The second kappa shape index (κ2) is 6.72. The van der Waals surface area contributed by atoms with Crippen LogP contribution in [-0.2, 0) is 0 Å². The number of aliphatic hydroxyl groups excluding tert-OH is 1. The summed E-state index contributed by atoms with van der Waals surface area (Å²) >= 11 is 0. The largest absolute Gasteiger partial charge is 0.396 e. The molecule has 0 spiro atoms. The zero-order valence-corrected chi connectivity index (χ0v) is 11.7. The molecule has 0 heterocycles. The summed E-state index contributed by atoms with van der Waals surface area (Å²) < 4.78 is 0. The summed E-state index contributed by atoms with van der Waals surface area (Å²) in [7, 11) is 0. The lowest BCUT2D eigenvalue weighted by molar-refractivity contribution is 0.133. The number of aliphatic hydroxyl groups is 1. The summed E-state index contributed by atoms with van der Waals surface area (Å²) in [6.07, 6.45) is 6.27. The van der Waals surface area contributed by atoms with Crippen LogP contribution < -0.4 is 11.1 Å². The average molecular weight is 242 g/mol. The maximum atomic E-state index is 9.22. The molecule has 4 unspecified atom stereocenters. The summed E-state index contributed by atoms with van der Waals surface area (Å²) in [5.74, 6) is 1.11. The molecule has 0 saturated heterocycles. The van der Waals surface area contributed by atoms with Gasteiger partial charge in [0.15, 0.2) is 0 Å². The third kappa shape index (κ3) is 3.94. The van der Waals surface area contributed by atoms with Gasteiger partial charge in [-0.05, 0) is 31.6 Å². The third-order valence-corrected chi connectivity index (χ3v) is 4.59. The monoisotopic (exact) mass is 242 g/mol. The summed E-state index contributed by atoms with van der Waals surface area (Å²) in [5.41, 5.74) is 6.13. The van der Waals surface area contributed by atoms with Crippen LogP contribution in [0, 0.1) is 11.8 Å². The van der Waals surface area contributed by atoms with Crippen LogP contribution in [0.1, 0.15) is 52.9 Å². The Labute approximate surface area is 106 Å². The van der Waals surface area contributed by atoms with Crippen LogP contribution in [-0.4, -0.2) is 29.8 Å². The SMILES string of the molecule is CCC1CCCC(CN)(NC(C)C(C)CO)C1. The van der Waals surface area contributed by atoms with Crippen LogP contribution in [0.3, 0.4) is 0 Å². The van der Waals surface area contributed by atoms with E-state index in [-0.39, 0.29) is 12.1 Å². The van der Waals surface area contributed by atoms with Gasteiger partial charge in [-0.15, -0.1) is 0 Å². The predicted octanol–water partition coefficient (Wildman–Crippen LogP) is 1.89. The van der Waals surface area contributed by atoms with E-state index in [1.165, 1.54) is 32.1 Å². The van der Waals surface area contributed by atoms with Crippen LogP contribution in [0.2, 0.25) is 0 Å². The summed E-state index contributed by atoms with van der Waals surface area (Å²) in [6, 6.07) is 0.333. The molecule has 4 N–H and O–H groups in total. The Bertz CT molecular complexity index is 222. The smallest absolute Gasteiger partial charge is 0.0471 e. The van der Waals surface area contributed by atoms with Gasteiger partial charge in [0.25, 0.3) is 0 Å². The van der Waals surface area contributed by atoms with E-state index in [1.807, 2.05) is 0 Å². The van der Waals surface area contributed by atoms with E-state index < -0.39 is 0 Å². The topological polar surface area (TPSA) is 58.3 Å². The van der Waals surface area contributed by atoms with Crippen molar-refractivity contribution in [3.05, 3.63) is 0 Å². The molecule has 0 bridgehead atoms. The first kappa shape index (κ1) is 14.9. The maximum absolute atomic E-state index is 9.22. The van der Waals surface area contributed by atoms with E-state index in [9.17, 15) is 5.11 Å². The van der Waals surface area contributed by atoms with Gasteiger partial charge in [-0.3, -0.25) is 0 Å². The minimum Gasteiger partial charge on any atom is -0.396 e. The van der Waals surface area contributed by atoms with Gasteiger partial charge < -0.3 is 16.2 Å². The number of rotatable bonds is 6. The summed E-state index contributed by atoms with van der Waals surface area (Å²) in [4.78, 5) is 0. The highest BCUT2D eigenvalue weighted by molar-refractivity contribution is 4.96. The Hall–Kier alpha value is -0.120. The number of hydrogen-bond donors (Lipinski definition) is 3. The molecule has 1 fully saturated rings. The van der Waals surface area contributed by atoms with Gasteiger partial charge >= 0.3 is 0 Å². The van der Waals surface area contributed by atoms with Gasteiger partial charge in [0, 0.05) is 24.7 Å². The molecule has 0 aromatic heterocycles. The lowest BCUT2D eigenvalue weighted by atomic mass is 9.74. The first-order valence-electron chi connectivity index (χ1n) is 7.15. The van der Waals surface area contributed by atoms with E-state index in [1.54, 1.807) is 0 Å². The highest BCUT2D eigenvalue weighted by atomic mass is 16.3. The predicted molar refractivity (Wildman–Crippen MR) is 72.9 cm³/mol.